The maximum absolute atomic E-state index is 5.24. The molecule has 0 saturated heterocycles. The first kappa shape index (κ1) is 14.1. The maximum atomic E-state index is 5.24. The quantitative estimate of drug-likeness (QED) is 0.498. The summed E-state index contributed by atoms with van der Waals surface area (Å²) in [5, 5.41) is 0. The molecule has 0 aliphatic carbocycles. The summed E-state index contributed by atoms with van der Waals surface area (Å²) >= 11 is 6.52. The van der Waals surface area contributed by atoms with Gasteiger partial charge in [0.1, 0.15) is 5.75 Å². The Hall–Kier alpha value is 0.100. The average molecular weight is 324 g/mol. The number of alkyl halides is 1. The normalized spacial score (nSPS) is 8.86. The molecule has 0 spiro atoms. The second-order valence-electron chi connectivity index (χ2n) is 2.62. The highest BCUT2D eigenvalue weighted by molar-refractivity contribution is 14.1. The van der Waals surface area contributed by atoms with E-state index in [1.807, 2.05) is 31.2 Å². The van der Waals surface area contributed by atoms with Crippen molar-refractivity contribution in [2.45, 2.75) is 25.2 Å². The fourth-order valence-electron chi connectivity index (χ4n) is 0.740. The molecule has 1 aromatic rings. The van der Waals surface area contributed by atoms with Crippen LogP contribution in [0.25, 0.3) is 0 Å². The molecule has 14 heavy (non-hydrogen) atoms. The standard InChI is InChI=1S/C8H10OS.C3H7I/c1-2-9-7-4-3-5-8(10)6-7;1-2-3-4/h3-6,10H,2H2,1H3;2-3H2,1H3. The zero-order chi connectivity index (χ0) is 10.8. The number of rotatable bonds is 3. The summed E-state index contributed by atoms with van der Waals surface area (Å²) in [5.74, 6) is 0.884. The molecule has 0 unspecified atom stereocenters. The largest absolute Gasteiger partial charge is 0.494 e. The SMILES string of the molecule is CCCI.CCOc1cccc(S)c1. The second-order valence-corrected chi connectivity index (χ2v) is 4.21. The minimum Gasteiger partial charge on any atom is -0.494 e. The van der Waals surface area contributed by atoms with E-state index in [2.05, 4.69) is 42.1 Å². The summed E-state index contributed by atoms with van der Waals surface area (Å²) in [4.78, 5) is 0.936. The lowest BCUT2D eigenvalue weighted by Gasteiger charge is -2.01. The number of ether oxygens (including phenoxy) is 1. The zero-order valence-electron chi connectivity index (χ0n) is 8.66. The highest BCUT2D eigenvalue weighted by atomic mass is 127. The van der Waals surface area contributed by atoms with Crippen LogP contribution in [0.5, 0.6) is 5.75 Å². The Morgan fingerprint density at radius 2 is 2.00 bits per heavy atom. The lowest BCUT2D eigenvalue weighted by molar-refractivity contribution is 0.339. The van der Waals surface area contributed by atoms with Gasteiger partial charge in [-0.2, -0.15) is 0 Å². The van der Waals surface area contributed by atoms with Gasteiger partial charge in [0, 0.05) is 4.90 Å². The molecular weight excluding hydrogens is 307 g/mol. The lowest BCUT2D eigenvalue weighted by Crippen LogP contribution is -1.90. The minimum absolute atomic E-state index is 0.706. The van der Waals surface area contributed by atoms with Crippen molar-refractivity contribution >= 4 is 35.2 Å². The molecular formula is C11H17IOS. The van der Waals surface area contributed by atoms with Gasteiger partial charge in [-0.05, 0) is 36.0 Å². The van der Waals surface area contributed by atoms with E-state index in [9.17, 15) is 0 Å². The molecule has 0 atom stereocenters. The van der Waals surface area contributed by atoms with Gasteiger partial charge >= 0.3 is 0 Å². The van der Waals surface area contributed by atoms with Gasteiger partial charge in [-0.3, -0.25) is 0 Å². The van der Waals surface area contributed by atoms with Crippen LogP contribution >= 0.6 is 35.2 Å². The zero-order valence-corrected chi connectivity index (χ0v) is 11.7. The fraction of sp³-hybridized carbons (Fsp3) is 0.455. The first-order valence-corrected chi connectivity index (χ1v) is 6.69. The Bertz CT molecular complexity index is 238. The molecule has 0 radical (unpaired) electrons. The molecule has 0 amide bonds. The number of halogens is 1. The Morgan fingerprint density at radius 3 is 2.43 bits per heavy atom. The molecule has 1 aromatic carbocycles. The van der Waals surface area contributed by atoms with Crippen LogP contribution in [-0.2, 0) is 0 Å². The Balaban J connectivity index is 0.000000364. The Labute approximate surface area is 106 Å². The van der Waals surface area contributed by atoms with Crippen LogP contribution in [-0.4, -0.2) is 11.0 Å². The summed E-state index contributed by atoms with van der Waals surface area (Å²) in [6.07, 6.45) is 1.31. The van der Waals surface area contributed by atoms with E-state index in [-0.39, 0.29) is 0 Å². The van der Waals surface area contributed by atoms with Crippen LogP contribution in [0.2, 0.25) is 0 Å². The molecule has 0 N–H and O–H groups in total. The van der Waals surface area contributed by atoms with E-state index in [0.717, 1.165) is 10.6 Å². The van der Waals surface area contributed by atoms with E-state index < -0.39 is 0 Å². The summed E-state index contributed by atoms with van der Waals surface area (Å²) in [7, 11) is 0. The van der Waals surface area contributed by atoms with Gasteiger partial charge in [-0.15, -0.1) is 12.6 Å². The first-order valence-electron chi connectivity index (χ1n) is 4.72. The van der Waals surface area contributed by atoms with Crippen LogP contribution in [0.1, 0.15) is 20.3 Å². The minimum atomic E-state index is 0.706. The molecule has 3 heteroatoms. The molecule has 1 nitrogen and oxygen atoms in total. The molecule has 0 aliphatic heterocycles. The van der Waals surface area contributed by atoms with Gasteiger partial charge in [0.25, 0.3) is 0 Å². The summed E-state index contributed by atoms with van der Waals surface area (Å²) in [6, 6.07) is 7.66. The van der Waals surface area contributed by atoms with Crippen molar-refractivity contribution in [1.29, 1.82) is 0 Å². The Morgan fingerprint density at radius 1 is 1.36 bits per heavy atom. The number of hydrogen-bond donors (Lipinski definition) is 1. The van der Waals surface area contributed by atoms with Crippen LogP contribution in [0.4, 0.5) is 0 Å². The van der Waals surface area contributed by atoms with E-state index in [1.165, 1.54) is 10.8 Å². The van der Waals surface area contributed by atoms with Crippen LogP contribution in [0, 0.1) is 0 Å². The van der Waals surface area contributed by atoms with E-state index in [1.54, 1.807) is 0 Å². The molecule has 0 heterocycles. The first-order chi connectivity index (χ1) is 6.74. The average Bonchev–Trinajstić information content (AvgIpc) is 2.19. The van der Waals surface area contributed by atoms with Crippen LogP contribution < -0.4 is 4.74 Å². The van der Waals surface area contributed by atoms with Crippen molar-refractivity contribution in [2.24, 2.45) is 0 Å². The molecule has 0 bridgehead atoms. The third kappa shape index (κ3) is 7.50. The van der Waals surface area contributed by atoms with Crippen LogP contribution in [0.15, 0.2) is 29.2 Å². The molecule has 1 rings (SSSR count). The molecule has 0 aliphatic rings. The molecule has 80 valence electrons. The van der Waals surface area contributed by atoms with E-state index in [4.69, 9.17) is 4.74 Å². The van der Waals surface area contributed by atoms with Gasteiger partial charge < -0.3 is 4.74 Å². The molecule has 0 saturated carbocycles. The maximum Gasteiger partial charge on any atom is 0.120 e. The smallest absolute Gasteiger partial charge is 0.120 e. The van der Waals surface area contributed by atoms with Gasteiger partial charge in [0.15, 0.2) is 0 Å². The van der Waals surface area contributed by atoms with E-state index >= 15 is 0 Å². The predicted molar refractivity (Wildman–Crippen MR) is 74.0 cm³/mol. The van der Waals surface area contributed by atoms with Crippen molar-refractivity contribution in [3.8, 4) is 5.75 Å². The second kappa shape index (κ2) is 9.65. The highest BCUT2D eigenvalue weighted by Gasteiger charge is 1.89. The van der Waals surface area contributed by atoms with Crippen LogP contribution in [0.3, 0.4) is 0 Å². The van der Waals surface area contributed by atoms with Crippen molar-refractivity contribution in [1.82, 2.24) is 0 Å². The third-order valence-corrected chi connectivity index (χ3v) is 2.67. The van der Waals surface area contributed by atoms with Gasteiger partial charge in [-0.25, -0.2) is 0 Å². The highest BCUT2D eigenvalue weighted by Crippen LogP contribution is 2.15. The number of benzene rings is 1. The number of hydrogen-bond acceptors (Lipinski definition) is 2. The van der Waals surface area contributed by atoms with Crippen molar-refractivity contribution in [3.05, 3.63) is 24.3 Å². The summed E-state index contributed by atoms with van der Waals surface area (Å²) in [6.45, 7) is 4.84. The monoisotopic (exact) mass is 324 g/mol. The topological polar surface area (TPSA) is 9.23 Å². The Kier molecular flexibility index (Phi) is 9.72. The van der Waals surface area contributed by atoms with Crippen molar-refractivity contribution in [2.75, 3.05) is 11.0 Å². The third-order valence-electron chi connectivity index (χ3n) is 1.32. The summed E-state index contributed by atoms with van der Waals surface area (Å²) < 4.78 is 6.53. The molecule has 0 fully saturated rings. The predicted octanol–water partition coefficient (Wildman–Crippen LogP) is 4.21. The summed E-state index contributed by atoms with van der Waals surface area (Å²) in [5.41, 5.74) is 0. The lowest BCUT2D eigenvalue weighted by atomic mass is 10.3. The number of thiol groups is 1. The van der Waals surface area contributed by atoms with Gasteiger partial charge in [0.05, 0.1) is 6.61 Å². The van der Waals surface area contributed by atoms with E-state index in [0.29, 0.717) is 6.61 Å². The van der Waals surface area contributed by atoms with Gasteiger partial charge in [0.2, 0.25) is 0 Å². The van der Waals surface area contributed by atoms with Crippen molar-refractivity contribution in [3.63, 3.8) is 0 Å². The van der Waals surface area contributed by atoms with Gasteiger partial charge in [-0.1, -0.05) is 35.6 Å². The fourth-order valence-corrected chi connectivity index (χ4v) is 0.953. The van der Waals surface area contributed by atoms with Crippen molar-refractivity contribution < 1.29 is 4.74 Å². The molecule has 0 aromatic heterocycles.